The molecule has 0 saturated carbocycles. The van der Waals surface area contributed by atoms with Gasteiger partial charge in [-0.05, 0) is 29.3 Å². The third kappa shape index (κ3) is 3.78. The van der Waals surface area contributed by atoms with Crippen LogP contribution in [0.15, 0.2) is 84.9 Å². The molecule has 5 nitrogen and oxygen atoms in total. The number of benzene rings is 3. The molecule has 5 rings (SSSR count). The van der Waals surface area contributed by atoms with Gasteiger partial charge in [0.15, 0.2) is 0 Å². The summed E-state index contributed by atoms with van der Waals surface area (Å²) >= 11 is 1.30. The molecule has 6 heteroatoms. The van der Waals surface area contributed by atoms with Crippen LogP contribution in [-0.2, 0) is 0 Å². The molecule has 2 aromatic heterocycles. The minimum atomic E-state index is -0.208. The van der Waals surface area contributed by atoms with Gasteiger partial charge in [-0.15, -0.1) is 11.3 Å². The molecule has 0 aliphatic carbocycles. The largest absolute Gasteiger partial charge is 0.497 e. The van der Waals surface area contributed by atoms with Gasteiger partial charge in [0.1, 0.15) is 21.2 Å². The highest BCUT2D eigenvalue weighted by Crippen LogP contribution is 2.42. The number of rotatable bonds is 6. The highest BCUT2D eigenvalue weighted by molar-refractivity contribution is 7.21. The SMILES string of the molecule is COc1ccc(C(=O)c2sc3nc(-c4ccccc4)cc(-c4ccccc4)c3c2N)c(OC)c1. The molecule has 0 aliphatic rings. The van der Waals surface area contributed by atoms with Gasteiger partial charge < -0.3 is 15.2 Å². The van der Waals surface area contributed by atoms with Crippen molar-refractivity contribution in [1.82, 2.24) is 4.98 Å². The first-order valence-electron chi connectivity index (χ1n) is 10.7. The third-order valence-corrected chi connectivity index (χ3v) is 6.81. The van der Waals surface area contributed by atoms with Gasteiger partial charge in [0.05, 0.1) is 31.2 Å². The highest BCUT2D eigenvalue weighted by atomic mass is 32.1. The highest BCUT2D eigenvalue weighted by Gasteiger charge is 2.24. The molecule has 0 amide bonds. The summed E-state index contributed by atoms with van der Waals surface area (Å²) in [6.45, 7) is 0. The molecule has 34 heavy (non-hydrogen) atoms. The van der Waals surface area contributed by atoms with Gasteiger partial charge in [-0.1, -0.05) is 60.7 Å². The predicted molar refractivity (Wildman–Crippen MR) is 138 cm³/mol. The molecule has 0 bridgehead atoms. The maximum Gasteiger partial charge on any atom is 0.208 e. The number of methoxy groups -OCH3 is 2. The fourth-order valence-electron chi connectivity index (χ4n) is 4.00. The fourth-order valence-corrected chi connectivity index (χ4v) is 5.07. The van der Waals surface area contributed by atoms with Crippen molar-refractivity contribution < 1.29 is 14.3 Å². The minimum absolute atomic E-state index is 0.208. The third-order valence-electron chi connectivity index (χ3n) is 5.71. The van der Waals surface area contributed by atoms with E-state index in [2.05, 4.69) is 0 Å². The van der Waals surface area contributed by atoms with Crippen molar-refractivity contribution in [2.24, 2.45) is 0 Å². The van der Waals surface area contributed by atoms with Crippen molar-refractivity contribution in [3.63, 3.8) is 0 Å². The standard InChI is InChI=1S/C28H22N2O3S/c1-32-19-13-14-20(23(15-19)33-2)26(31)27-25(29)24-21(17-9-5-3-6-10-17)16-22(30-28(24)34-27)18-11-7-4-8-12-18/h3-16H,29H2,1-2H3. The Kier molecular flexibility index (Phi) is 5.74. The zero-order valence-electron chi connectivity index (χ0n) is 18.7. The van der Waals surface area contributed by atoms with Gasteiger partial charge in [-0.2, -0.15) is 0 Å². The number of hydrogen-bond donors (Lipinski definition) is 1. The van der Waals surface area contributed by atoms with E-state index in [-0.39, 0.29) is 5.78 Å². The zero-order valence-corrected chi connectivity index (χ0v) is 19.6. The monoisotopic (exact) mass is 466 g/mol. The molecule has 0 spiro atoms. The first kappa shape index (κ1) is 21.7. The predicted octanol–water partition coefficient (Wildman–Crippen LogP) is 6.46. The number of carbonyl (C=O) groups is 1. The van der Waals surface area contributed by atoms with E-state index in [0.29, 0.717) is 32.5 Å². The van der Waals surface area contributed by atoms with Gasteiger partial charge in [0.2, 0.25) is 5.78 Å². The van der Waals surface area contributed by atoms with Crippen LogP contribution >= 0.6 is 11.3 Å². The van der Waals surface area contributed by atoms with E-state index >= 15 is 0 Å². The minimum Gasteiger partial charge on any atom is -0.497 e. The van der Waals surface area contributed by atoms with Crippen molar-refractivity contribution in [2.45, 2.75) is 0 Å². The Morgan fingerprint density at radius 1 is 0.853 bits per heavy atom. The van der Waals surface area contributed by atoms with Crippen LogP contribution in [0.3, 0.4) is 0 Å². The number of ether oxygens (including phenoxy) is 2. The van der Waals surface area contributed by atoms with E-state index in [0.717, 1.165) is 27.8 Å². The van der Waals surface area contributed by atoms with Crippen LogP contribution < -0.4 is 15.2 Å². The number of aromatic nitrogens is 1. The number of anilines is 1. The second-order valence-corrected chi connectivity index (χ2v) is 8.71. The summed E-state index contributed by atoms with van der Waals surface area (Å²) in [6.07, 6.45) is 0. The molecule has 0 saturated heterocycles. The number of fused-ring (bicyclic) bond motifs is 1. The van der Waals surface area contributed by atoms with Crippen LogP contribution in [0, 0.1) is 0 Å². The molecule has 0 radical (unpaired) electrons. The Bertz CT molecular complexity index is 1500. The molecule has 5 aromatic rings. The normalized spacial score (nSPS) is 10.9. The number of nitrogens with zero attached hydrogens (tertiary/aromatic N) is 1. The van der Waals surface area contributed by atoms with Crippen molar-refractivity contribution in [3.8, 4) is 33.9 Å². The fraction of sp³-hybridized carbons (Fsp3) is 0.0714. The average Bonchev–Trinajstić information content (AvgIpc) is 3.24. The number of nitrogens with two attached hydrogens (primary N) is 1. The van der Waals surface area contributed by atoms with Crippen molar-refractivity contribution in [1.29, 1.82) is 0 Å². The first-order valence-corrected chi connectivity index (χ1v) is 11.5. The van der Waals surface area contributed by atoms with Gasteiger partial charge >= 0.3 is 0 Å². The smallest absolute Gasteiger partial charge is 0.208 e. The molecule has 0 unspecified atom stereocenters. The topological polar surface area (TPSA) is 74.4 Å². The molecule has 0 atom stereocenters. The van der Waals surface area contributed by atoms with E-state index < -0.39 is 0 Å². The van der Waals surface area contributed by atoms with E-state index in [1.54, 1.807) is 25.3 Å². The van der Waals surface area contributed by atoms with Gasteiger partial charge in [-0.25, -0.2) is 4.98 Å². The molecule has 0 fully saturated rings. The molecule has 2 heterocycles. The number of thiophene rings is 1. The molecular weight excluding hydrogens is 444 g/mol. The molecule has 3 aromatic carbocycles. The number of nitrogen functional groups attached to an aromatic ring is 1. The van der Waals surface area contributed by atoms with Crippen LogP contribution in [0.1, 0.15) is 15.2 Å². The van der Waals surface area contributed by atoms with Gasteiger partial charge in [-0.3, -0.25) is 4.79 Å². The lowest BCUT2D eigenvalue weighted by molar-refractivity contribution is 0.104. The van der Waals surface area contributed by atoms with Crippen molar-refractivity contribution >= 4 is 33.0 Å². The van der Waals surface area contributed by atoms with Crippen molar-refractivity contribution in [2.75, 3.05) is 20.0 Å². The van der Waals surface area contributed by atoms with Gasteiger partial charge in [0.25, 0.3) is 0 Å². The molecule has 2 N–H and O–H groups in total. The van der Waals surface area contributed by atoms with Crippen LogP contribution in [0.4, 0.5) is 5.69 Å². The second-order valence-electron chi connectivity index (χ2n) is 7.71. The Hall–Kier alpha value is -4.16. The number of pyridine rings is 1. The number of ketones is 1. The number of carbonyl (C=O) groups excluding carboxylic acids is 1. The van der Waals surface area contributed by atoms with Gasteiger partial charge in [0, 0.05) is 17.0 Å². The second kappa shape index (κ2) is 9.00. The summed E-state index contributed by atoms with van der Waals surface area (Å²) in [7, 11) is 3.10. The average molecular weight is 467 g/mol. The van der Waals surface area contributed by atoms with E-state index in [4.69, 9.17) is 20.2 Å². The molecule has 168 valence electrons. The maximum atomic E-state index is 13.6. The van der Waals surface area contributed by atoms with E-state index in [1.165, 1.54) is 18.4 Å². The summed E-state index contributed by atoms with van der Waals surface area (Å²) in [5.41, 5.74) is 11.3. The molecular formula is C28H22N2O3S. The Labute approximate surface area is 201 Å². The summed E-state index contributed by atoms with van der Waals surface area (Å²) < 4.78 is 10.7. The summed E-state index contributed by atoms with van der Waals surface area (Å²) in [5, 5.41) is 0.784. The quantitative estimate of drug-likeness (QED) is 0.291. The first-order chi connectivity index (χ1) is 16.6. The summed E-state index contributed by atoms with van der Waals surface area (Å²) in [6, 6.07) is 27.2. The lowest BCUT2D eigenvalue weighted by Crippen LogP contribution is -2.05. The maximum absolute atomic E-state index is 13.6. The van der Waals surface area contributed by atoms with Crippen molar-refractivity contribution in [3.05, 3.63) is 95.4 Å². The van der Waals surface area contributed by atoms with Crippen LogP contribution in [0.5, 0.6) is 11.5 Å². The Morgan fingerprint density at radius 3 is 2.18 bits per heavy atom. The Morgan fingerprint density at radius 2 is 1.53 bits per heavy atom. The summed E-state index contributed by atoms with van der Waals surface area (Å²) in [5.74, 6) is 0.834. The van der Waals surface area contributed by atoms with Crippen LogP contribution in [-0.4, -0.2) is 25.0 Å². The Balaban J connectivity index is 1.73. The van der Waals surface area contributed by atoms with Crippen LogP contribution in [0.25, 0.3) is 32.6 Å². The number of hydrogen-bond acceptors (Lipinski definition) is 6. The summed E-state index contributed by atoms with van der Waals surface area (Å²) in [4.78, 5) is 19.6. The zero-order chi connectivity index (χ0) is 23.7. The van der Waals surface area contributed by atoms with E-state index in [9.17, 15) is 4.79 Å². The lowest BCUT2D eigenvalue weighted by Gasteiger charge is -2.10. The lowest BCUT2D eigenvalue weighted by atomic mass is 9.98. The van der Waals surface area contributed by atoms with Crippen LogP contribution in [0.2, 0.25) is 0 Å². The molecule has 0 aliphatic heterocycles. The van der Waals surface area contributed by atoms with E-state index in [1.807, 2.05) is 66.7 Å².